The van der Waals surface area contributed by atoms with Crippen LogP contribution in [0.4, 0.5) is 4.39 Å². The third-order valence-electron chi connectivity index (χ3n) is 4.67. The molecule has 2 aliphatic heterocycles. The van der Waals surface area contributed by atoms with Crippen LogP contribution in [-0.4, -0.2) is 48.4 Å². The third-order valence-corrected chi connectivity index (χ3v) is 4.67. The van der Waals surface area contributed by atoms with Gasteiger partial charge in [0.15, 0.2) is 6.29 Å². The van der Waals surface area contributed by atoms with Crippen molar-refractivity contribution in [2.75, 3.05) is 26.3 Å². The molecule has 2 saturated heterocycles. The molecule has 4 rings (SSSR count). The zero-order valence-corrected chi connectivity index (χ0v) is 12.8. The van der Waals surface area contributed by atoms with Crippen LogP contribution in [0.25, 0.3) is 10.9 Å². The smallest absolute Gasteiger partial charge is 0.270 e. The lowest BCUT2D eigenvalue weighted by Crippen LogP contribution is -2.41. The maximum absolute atomic E-state index is 13.3. The summed E-state index contributed by atoms with van der Waals surface area (Å²) >= 11 is 0. The number of hydrogen-bond donors (Lipinski definition) is 1. The minimum Gasteiger partial charge on any atom is -0.351 e. The first-order valence-corrected chi connectivity index (χ1v) is 8.01. The summed E-state index contributed by atoms with van der Waals surface area (Å²) in [6.45, 7) is 2.71. The minimum atomic E-state index is -0.298. The molecule has 122 valence electrons. The van der Waals surface area contributed by atoms with Crippen molar-refractivity contribution in [2.24, 2.45) is 5.92 Å². The van der Waals surface area contributed by atoms with E-state index in [1.54, 1.807) is 12.1 Å². The van der Waals surface area contributed by atoms with Gasteiger partial charge in [-0.25, -0.2) is 4.39 Å². The van der Waals surface area contributed by atoms with Crippen molar-refractivity contribution in [1.82, 2.24) is 9.88 Å². The Morgan fingerprint density at radius 1 is 1.17 bits per heavy atom. The van der Waals surface area contributed by atoms with Crippen molar-refractivity contribution in [1.29, 1.82) is 0 Å². The van der Waals surface area contributed by atoms with Gasteiger partial charge in [0.2, 0.25) is 0 Å². The number of amides is 1. The average molecular weight is 318 g/mol. The first-order chi connectivity index (χ1) is 11.2. The molecule has 3 heterocycles. The van der Waals surface area contributed by atoms with Gasteiger partial charge in [-0.05, 0) is 37.1 Å². The molecular weight excluding hydrogens is 299 g/mol. The van der Waals surface area contributed by atoms with Crippen LogP contribution in [0, 0.1) is 11.7 Å². The molecule has 0 spiro atoms. The number of aromatic nitrogens is 1. The minimum absolute atomic E-state index is 0.0340. The van der Waals surface area contributed by atoms with Crippen molar-refractivity contribution in [3.05, 3.63) is 35.8 Å². The number of halogens is 1. The van der Waals surface area contributed by atoms with Crippen LogP contribution in [-0.2, 0) is 9.47 Å². The highest BCUT2D eigenvalue weighted by Crippen LogP contribution is 2.27. The molecule has 0 saturated carbocycles. The molecule has 23 heavy (non-hydrogen) atoms. The van der Waals surface area contributed by atoms with Gasteiger partial charge in [-0.1, -0.05) is 0 Å². The molecule has 1 aromatic carbocycles. The first-order valence-electron chi connectivity index (χ1n) is 8.01. The van der Waals surface area contributed by atoms with Gasteiger partial charge in [-0.2, -0.15) is 0 Å². The Bertz CT molecular complexity index is 716. The van der Waals surface area contributed by atoms with E-state index in [-0.39, 0.29) is 18.0 Å². The van der Waals surface area contributed by atoms with Crippen LogP contribution < -0.4 is 0 Å². The second-order valence-corrected chi connectivity index (χ2v) is 6.15. The van der Waals surface area contributed by atoms with Crippen LogP contribution in [0.15, 0.2) is 24.3 Å². The van der Waals surface area contributed by atoms with Gasteiger partial charge in [-0.15, -0.1) is 0 Å². The highest BCUT2D eigenvalue weighted by atomic mass is 19.1. The molecule has 1 N–H and O–H groups in total. The summed E-state index contributed by atoms with van der Waals surface area (Å²) in [7, 11) is 0. The van der Waals surface area contributed by atoms with Crippen molar-refractivity contribution < 1.29 is 18.7 Å². The van der Waals surface area contributed by atoms with Crippen molar-refractivity contribution in [3.63, 3.8) is 0 Å². The van der Waals surface area contributed by atoms with Crippen LogP contribution >= 0.6 is 0 Å². The van der Waals surface area contributed by atoms with Gasteiger partial charge in [0.05, 0.1) is 13.2 Å². The van der Waals surface area contributed by atoms with Crippen LogP contribution in [0.5, 0.6) is 0 Å². The number of rotatable bonds is 2. The second-order valence-electron chi connectivity index (χ2n) is 6.15. The maximum Gasteiger partial charge on any atom is 0.270 e. The summed E-state index contributed by atoms with van der Waals surface area (Å²) in [4.78, 5) is 17.5. The fraction of sp³-hybridized carbons (Fsp3) is 0.471. The number of hydrogen-bond acceptors (Lipinski definition) is 3. The summed E-state index contributed by atoms with van der Waals surface area (Å²) in [5.74, 6) is 0.0274. The predicted molar refractivity (Wildman–Crippen MR) is 82.6 cm³/mol. The number of carbonyl (C=O) groups excluding carboxylic acids is 1. The molecule has 0 radical (unpaired) electrons. The Kier molecular flexibility index (Phi) is 3.79. The number of nitrogens with one attached hydrogen (secondary N) is 1. The summed E-state index contributed by atoms with van der Waals surface area (Å²) in [6, 6.07) is 6.20. The van der Waals surface area contributed by atoms with E-state index in [1.807, 2.05) is 4.90 Å². The number of ether oxygens (including phenoxy) is 2. The number of aromatic amines is 1. The van der Waals surface area contributed by atoms with Gasteiger partial charge < -0.3 is 19.4 Å². The number of nitrogens with zero attached hydrogens (tertiary/aromatic N) is 1. The topological polar surface area (TPSA) is 54.6 Å². The second kappa shape index (κ2) is 5.94. The van der Waals surface area contributed by atoms with Crippen molar-refractivity contribution in [3.8, 4) is 0 Å². The molecule has 0 aliphatic carbocycles. The molecule has 5 nitrogen and oxygen atoms in total. The standard InChI is InChI=1S/C17H19FN2O3/c18-13-1-2-14-12(9-13)10-15(19-14)16(21)20-5-3-11(4-6-20)17-22-7-8-23-17/h1-2,9-11,17,19H,3-8H2. The van der Waals surface area contributed by atoms with E-state index in [1.165, 1.54) is 12.1 Å². The third kappa shape index (κ3) is 2.84. The van der Waals surface area contributed by atoms with Crippen LogP contribution in [0.3, 0.4) is 0 Å². The van der Waals surface area contributed by atoms with Gasteiger partial charge in [0.25, 0.3) is 5.91 Å². The highest BCUT2D eigenvalue weighted by Gasteiger charge is 2.32. The quantitative estimate of drug-likeness (QED) is 0.926. The first kappa shape index (κ1) is 14.7. The van der Waals surface area contributed by atoms with E-state index in [9.17, 15) is 9.18 Å². The fourth-order valence-electron chi connectivity index (χ4n) is 3.41. The number of piperidine rings is 1. The van der Waals surface area contributed by atoms with Crippen molar-refractivity contribution in [2.45, 2.75) is 19.1 Å². The SMILES string of the molecule is O=C(c1cc2cc(F)ccc2[nH]1)N1CCC(C2OCCO2)CC1. The van der Waals surface area contributed by atoms with E-state index >= 15 is 0 Å². The lowest BCUT2D eigenvalue weighted by molar-refractivity contribution is -0.0956. The van der Waals surface area contributed by atoms with Gasteiger partial charge >= 0.3 is 0 Å². The summed E-state index contributed by atoms with van der Waals surface area (Å²) in [6.07, 6.45) is 1.65. The zero-order valence-electron chi connectivity index (χ0n) is 12.8. The molecule has 6 heteroatoms. The number of likely N-dealkylation sites (tertiary alicyclic amines) is 1. The number of fused-ring (bicyclic) bond motifs is 1. The van der Waals surface area contributed by atoms with Crippen LogP contribution in [0.1, 0.15) is 23.3 Å². The summed E-state index contributed by atoms with van der Waals surface area (Å²) in [5, 5.41) is 0.719. The average Bonchev–Trinajstić information content (AvgIpc) is 3.23. The molecule has 0 unspecified atom stereocenters. The van der Waals surface area contributed by atoms with Gasteiger partial charge in [0.1, 0.15) is 11.5 Å². The monoisotopic (exact) mass is 318 g/mol. The normalized spacial score (nSPS) is 20.5. The van der Waals surface area contributed by atoms with E-state index in [2.05, 4.69) is 4.98 Å². The zero-order chi connectivity index (χ0) is 15.8. The summed E-state index contributed by atoms with van der Waals surface area (Å²) < 4.78 is 24.4. The largest absolute Gasteiger partial charge is 0.351 e. The molecule has 2 aliphatic rings. The van der Waals surface area contributed by atoms with Crippen LogP contribution in [0.2, 0.25) is 0 Å². The van der Waals surface area contributed by atoms with Gasteiger partial charge in [0, 0.05) is 29.9 Å². The highest BCUT2D eigenvalue weighted by molar-refractivity contribution is 5.98. The Balaban J connectivity index is 1.44. The molecule has 1 amide bonds. The number of carbonyl (C=O) groups is 1. The Hall–Kier alpha value is -1.92. The predicted octanol–water partition coefficient (Wildman–Crippen LogP) is 2.53. The Labute approximate surface area is 133 Å². The number of H-pyrrole nitrogens is 1. The number of benzene rings is 1. The Morgan fingerprint density at radius 2 is 1.91 bits per heavy atom. The lowest BCUT2D eigenvalue weighted by atomic mass is 9.96. The van der Waals surface area contributed by atoms with Crippen molar-refractivity contribution >= 4 is 16.8 Å². The molecule has 2 fully saturated rings. The summed E-state index contributed by atoms with van der Waals surface area (Å²) in [5.41, 5.74) is 1.29. The molecule has 1 aromatic heterocycles. The van der Waals surface area contributed by atoms with E-state index < -0.39 is 0 Å². The van der Waals surface area contributed by atoms with E-state index in [4.69, 9.17) is 9.47 Å². The van der Waals surface area contributed by atoms with E-state index in [0.717, 1.165) is 23.7 Å². The molecular formula is C17H19FN2O3. The maximum atomic E-state index is 13.3. The Morgan fingerprint density at radius 3 is 2.65 bits per heavy atom. The van der Waals surface area contributed by atoms with Gasteiger partial charge in [-0.3, -0.25) is 4.79 Å². The molecule has 0 bridgehead atoms. The molecule has 0 atom stereocenters. The van der Waals surface area contributed by atoms with E-state index in [0.29, 0.717) is 37.9 Å². The molecule has 2 aromatic rings. The lowest BCUT2D eigenvalue weighted by Gasteiger charge is -2.33. The fourth-order valence-corrected chi connectivity index (χ4v) is 3.41.